The number of Topliss-reactive ketones (excluding diaryl/α,β-unsaturated/α-hetero) is 1. The third-order valence-electron chi connectivity index (χ3n) is 17.8. The topological polar surface area (TPSA) is 404 Å². The van der Waals surface area contributed by atoms with E-state index in [1.165, 1.54) is 0 Å². The second-order valence-corrected chi connectivity index (χ2v) is 26.1. The van der Waals surface area contributed by atoms with E-state index in [2.05, 4.69) is 22.9 Å². The molecule has 27 nitrogen and oxygen atoms in total. The number of rotatable bonds is 54. The van der Waals surface area contributed by atoms with E-state index in [9.17, 15) is 74.7 Å². The smallest absolute Gasteiger partial charge is 0.407 e. The number of ether oxygens (including phenoxy) is 9. The van der Waals surface area contributed by atoms with Crippen LogP contribution in [0, 0.1) is 17.3 Å². The zero-order valence-electron chi connectivity index (χ0n) is 56.6. The second kappa shape index (κ2) is 50.5. The van der Waals surface area contributed by atoms with Crippen molar-refractivity contribution in [2.24, 2.45) is 17.3 Å². The van der Waals surface area contributed by atoms with E-state index in [1.54, 1.807) is 13.8 Å². The lowest BCUT2D eigenvalue weighted by Gasteiger charge is -2.40. The molecule has 14 atom stereocenters. The molecule has 14 unspecified atom stereocenters. The summed E-state index contributed by atoms with van der Waals surface area (Å²) >= 11 is 0. The Kier molecular flexibility index (Phi) is 45.4. The van der Waals surface area contributed by atoms with Crippen molar-refractivity contribution >= 4 is 35.6 Å². The molecule has 3 amide bonds. The number of aliphatic hydroxyl groups is 9. The van der Waals surface area contributed by atoms with Crippen LogP contribution in [-0.4, -0.2) is 234 Å². The van der Waals surface area contributed by atoms with E-state index in [-0.39, 0.29) is 93.9 Å². The van der Waals surface area contributed by atoms with Gasteiger partial charge in [0.1, 0.15) is 42.4 Å². The van der Waals surface area contributed by atoms with Crippen molar-refractivity contribution in [3.8, 4) is 0 Å². The first-order valence-corrected chi connectivity index (χ1v) is 35.2. The third-order valence-corrected chi connectivity index (χ3v) is 17.8. The highest BCUT2D eigenvalue weighted by molar-refractivity contribution is 5.78. The monoisotopic (exact) mass is 1350 g/mol. The Bertz CT molecular complexity index is 1950. The summed E-state index contributed by atoms with van der Waals surface area (Å²) < 4.78 is 50.3. The highest BCUT2D eigenvalue weighted by Crippen LogP contribution is 2.35. The van der Waals surface area contributed by atoms with E-state index in [0.29, 0.717) is 96.7 Å². The molecule has 0 bridgehead atoms. The number of esters is 2. The first-order valence-electron chi connectivity index (χ1n) is 35.2. The van der Waals surface area contributed by atoms with Crippen LogP contribution in [0.1, 0.15) is 220 Å². The van der Waals surface area contributed by atoms with Crippen LogP contribution in [0.4, 0.5) is 4.79 Å². The van der Waals surface area contributed by atoms with E-state index >= 15 is 0 Å². The molecule has 27 heteroatoms. The van der Waals surface area contributed by atoms with E-state index in [4.69, 9.17) is 42.6 Å². The lowest BCUT2D eigenvalue weighted by molar-refractivity contribution is -0.282. The Balaban J connectivity index is 1.26. The molecule has 548 valence electrons. The number of amides is 3. The summed E-state index contributed by atoms with van der Waals surface area (Å²) in [5.41, 5.74) is -0.205. The summed E-state index contributed by atoms with van der Waals surface area (Å²) in [7, 11) is 0. The molecule has 0 aromatic rings. The minimum Gasteiger partial charge on any atom is -0.466 e. The maximum absolute atomic E-state index is 12.7. The van der Waals surface area contributed by atoms with Gasteiger partial charge in [-0.1, -0.05) is 78.6 Å². The summed E-state index contributed by atoms with van der Waals surface area (Å²) in [4.78, 5) is 74.9. The first-order chi connectivity index (χ1) is 45.2. The molecule has 0 radical (unpaired) electrons. The van der Waals surface area contributed by atoms with Crippen LogP contribution in [0.2, 0.25) is 0 Å². The molecule has 94 heavy (non-hydrogen) atoms. The van der Waals surface area contributed by atoms with Crippen molar-refractivity contribution in [2.45, 2.75) is 294 Å². The molecule has 3 saturated heterocycles. The normalized spacial score (nSPS) is 26.0. The number of unbranched alkanes of at least 4 members (excludes halogenated alkanes) is 12. The number of hydrogen-bond donors (Lipinski definition) is 12. The molecule has 0 aliphatic carbocycles. The lowest BCUT2D eigenvalue weighted by atomic mass is 9.77. The van der Waals surface area contributed by atoms with Gasteiger partial charge in [0.2, 0.25) is 11.8 Å². The van der Waals surface area contributed by atoms with Gasteiger partial charge in [-0.25, -0.2) is 4.79 Å². The summed E-state index contributed by atoms with van der Waals surface area (Å²) in [6.45, 7) is 7.22. The molecule has 3 fully saturated rings. The van der Waals surface area contributed by atoms with Crippen molar-refractivity contribution < 1.29 is 117 Å². The van der Waals surface area contributed by atoms with Gasteiger partial charge in [0.05, 0.1) is 77.8 Å². The van der Waals surface area contributed by atoms with Crippen LogP contribution in [-0.2, 0) is 66.6 Å². The summed E-state index contributed by atoms with van der Waals surface area (Å²) in [5, 5.41) is 97.0. The minimum atomic E-state index is -1.20. The first kappa shape index (κ1) is 84.4. The third kappa shape index (κ3) is 36.2. The molecule has 3 heterocycles. The van der Waals surface area contributed by atoms with E-state index in [0.717, 1.165) is 103 Å². The number of carbonyl (C=O) groups is 6. The van der Waals surface area contributed by atoms with Gasteiger partial charge in [-0.2, -0.15) is 0 Å². The zero-order chi connectivity index (χ0) is 68.9. The lowest BCUT2D eigenvalue weighted by Crippen LogP contribution is -2.55. The SMILES string of the molecule is CC1C(OCCCC(=O)NCCCCCCCC(=O)OCCCC(C)(CCCOC(=O)CCCCCCCNC(=O)CCCOC2OC(CO)C(O)C(O)C2C)CCCOC(=O)NCCCCCCCC(=O)CCCOC2CC(O)C(O)C(CO)O2)OC(CO)C(O)C1O. The molecule has 3 aliphatic rings. The van der Waals surface area contributed by atoms with Crippen LogP contribution in [0.25, 0.3) is 0 Å². The number of alkyl carbamates (subject to hydrolysis) is 1. The fourth-order valence-corrected chi connectivity index (χ4v) is 11.7. The number of ketones is 1. The van der Waals surface area contributed by atoms with Crippen molar-refractivity contribution in [1.29, 1.82) is 0 Å². The van der Waals surface area contributed by atoms with E-state index in [1.807, 2.05) is 0 Å². The van der Waals surface area contributed by atoms with Crippen LogP contribution in [0.3, 0.4) is 0 Å². The maximum atomic E-state index is 12.7. The molecular formula is C67H121N3O24. The fourth-order valence-electron chi connectivity index (χ4n) is 11.7. The molecule has 0 spiro atoms. The minimum absolute atomic E-state index is 0.0895. The quantitative estimate of drug-likeness (QED) is 0.0229. The van der Waals surface area contributed by atoms with Crippen LogP contribution < -0.4 is 16.0 Å². The Labute approximate surface area is 557 Å². The standard InChI is InChI=1S/C67H121N3O24/c1-47-59(80)62(83)52(45-72)93-64(47)89-38-20-27-54(76)68-34-16-10-5-8-14-29-56(78)86-40-22-31-67(3,33-24-42-91-66(85)70-36-18-12-4-7-13-25-49(74)26-19-37-88-58-43-50(75)61(82)51(44-71)92-58)32-23-41-87-57(79)30-15-9-6-11-17-35-69-55(77)28-21-39-90-65-48(2)60(81)63(84)53(46-73)94-65/h47-48,50-53,58-65,71-73,75,80-84H,4-46H2,1-3H3,(H,68,76)(H,69,77)(H,70,85). The van der Waals surface area contributed by atoms with Crippen LogP contribution in [0.5, 0.6) is 0 Å². The van der Waals surface area contributed by atoms with Crippen LogP contribution in [0.15, 0.2) is 0 Å². The van der Waals surface area contributed by atoms with Gasteiger partial charge in [-0.05, 0) is 102 Å². The van der Waals surface area contributed by atoms with Crippen molar-refractivity contribution in [2.75, 3.05) is 79.1 Å². The summed E-state index contributed by atoms with van der Waals surface area (Å²) in [6.07, 6.45) is 7.73. The van der Waals surface area contributed by atoms with Crippen LogP contribution >= 0.6 is 0 Å². The molecule has 0 aromatic carbocycles. The predicted octanol–water partition coefficient (Wildman–Crippen LogP) is 4.34. The number of carbonyl (C=O) groups excluding carboxylic acids is 6. The van der Waals surface area contributed by atoms with Crippen molar-refractivity contribution in [3.63, 3.8) is 0 Å². The Hall–Kier alpha value is -3.78. The van der Waals surface area contributed by atoms with Gasteiger partial charge in [-0.3, -0.25) is 24.0 Å². The molecule has 3 aliphatic heterocycles. The number of aliphatic hydroxyl groups excluding tert-OH is 9. The average Bonchev–Trinajstić information content (AvgIpc) is 0.840. The summed E-state index contributed by atoms with van der Waals surface area (Å²) in [5.74, 6) is -1.55. The summed E-state index contributed by atoms with van der Waals surface area (Å²) in [6, 6.07) is 0. The fraction of sp³-hybridized carbons (Fsp3) is 0.910. The van der Waals surface area contributed by atoms with Gasteiger partial charge < -0.3 is 105 Å². The van der Waals surface area contributed by atoms with Gasteiger partial charge >= 0.3 is 18.0 Å². The number of nitrogens with one attached hydrogen (secondary N) is 3. The Morgan fingerprint density at radius 3 is 1.23 bits per heavy atom. The molecule has 0 aromatic heterocycles. The molecule has 0 saturated carbocycles. The highest BCUT2D eigenvalue weighted by Gasteiger charge is 2.44. The molecule has 3 rings (SSSR count). The largest absolute Gasteiger partial charge is 0.466 e. The number of hydrogen-bond acceptors (Lipinski definition) is 24. The second-order valence-electron chi connectivity index (χ2n) is 26.1. The predicted molar refractivity (Wildman–Crippen MR) is 343 cm³/mol. The van der Waals surface area contributed by atoms with Crippen molar-refractivity contribution in [3.05, 3.63) is 0 Å². The zero-order valence-corrected chi connectivity index (χ0v) is 56.6. The van der Waals surface area contributed by atoms with E-state index < -0.39 is 112 Å². The molecular weight excluding hydrogens is 1230 g/mol. The Morgan fingerprint density at radius 1 is 0.404 bits per heavy atom. The highest BCUT2D eigenvalue weighted by atomic mass is 16.7. The van der Waals surface area contributed by atoms with Gasteiger partial charge in [0.15, 0.2) is 18.9 Å². The Morgan fingerprint density at radius 2 is 0.777 bits per heavy atom. The maximum Gasteiger partial charge on any atom is 0.407 e. The van der Waals surface area contributed by atoms with Gasteiger partial charge in [0, 0.05) is 76.4 Å². The van der Waals surface area contributed by atoms with Gasteiger partial charge in [0.25, 0.3) is 0 Å². The average molecular weight is 1350 g/mol. The molecule has 12 N–H and O–H groups in total. The van der Waals surface area contributed by atoms with Gasteiger partial charge in [-0.15, -0.1) is 0 Å². The van der Waals surface area contributed by atoms with Crippen molar-refractivity contribution in [1.82, 2.24) is 16.0 Å².